The molecule has 1 aliphatic rings. The molecule has 0 bridgehead atoms. The number of thiophene rings is 1. The summed E-state index contributed by atoms with van der Waals surface area (Å²) >= 11 is 7.92. The third kappa shape index (κ3) is 3.80. The van der Waals surface area contributed by atoms with Crippen LogP contribution in [0.15, 0.2) is 36.5 Å². The molecule has 1 aromatic carbocycles. The van der Waals surface area contributed by atoms with Crippen molar-refractivity contribution in [2.24, 2.45) is 0 Å². The molecule has 0 fully saturated rings. The first-order valence-corrected chi connectivity index (χ1v) is 10.4. The van der Waals surface area contributed by atoms with Gasteiger partial charge in [-0.15, -0.1) is 11.3 Å². The number of carbonyl (C=O) groups is 1. The lowest BCUT2D eigenvalue weighted by atomic mass is 10.1. The van der Waals surface area contributed by atoms with Gasteiger partial charge in [-0.1, -0.05) is 41.4 Å². The average molecular weight is 400 g/mol. The molecule has 0 saturated heterocycles. The summed E-state index contributed by atoms with van der Waals surface area (Å²) in [6, 6.07) is 10.5. The van der Waals surface area contributed by atoms with Gasteiger partial charge in [0, 0.05) is 23.0 Å². The Kier molecular flexibility index (Phi) is 5.06. The monoisotopic (exact) mass is 399 g/mol. The zero-order chi connectivity index (χ0) is 19.0. The zero-order valence-electron chi connectivity index (χ0n) is 15.5. The van der Waals surface area contributed by atoms with Crippen molar-refractivity contribution in [3.63, 3.8) is 0 Å². The highest BCUT2D eigenvalue weighted by atomic mass is 35.5. The van der Waals surface area contributed by atoms with Crippen molar-refractivity contribution in [2.45, 2.75) is 45.7 Å². The van der Waals surface area contributed by atoms with E-state index in [4.69, 9.17) is 11.6 Å². The van der Waals surface area contributed by atoms with Crippen LogP contribution in [0.4, 0.5) is 0 Å². The number of benzene rings is 1. The fraction of sp³-hybridized carbons (Fsp3) is 0.333. The summed E-state index contributed by atoms with van der Waals surface area (Å²) in [6.45, 7) is 4.98. The number of halogens is 1. The second kappa shape index (κ2) is 7.49. The standard InChI is InChI=1S/C21H22ClN3OS/c1-13-5-7-15(8-6-13)10-14(2)24-21(26)19-11-16-18(27-19)4-3-9-25-20(16)17(22)12-23-25/h5-8,11-12,14H,3-4,9-10H2,1-2H3,(H,24,26). The summed E-state index contributed by atoms with van der Waals surface area (Å²) in [5, 5.41) is 8.14. The summed E-state index contributed by atoms with van der Waals surface area (Å²) in [5.74, 6) is -0.0186. The Bertz CT molecular complexity index is 974. The summed E-state index contributed by atoms with van der Waals surface area (Å²) < 4.78 is 1.95. The molecule has 27 heavy (non-hydrogen) atoms. The summed E-state index contributed by atoms with van der Waals surface area (Å²) in [5.41, 5.74) is 4.46. The van der Waals surface area contributed by atoms with E-state index in [9.17, 15) is 4.79 Å². The van der Waals surface area contributed by atoms with Crippen LogP contribution in [0.3, 0.4) is 0 Å². The number of fused-ring (bicyclic) bond motifs is 3. The second-order valence-corrected chi connectivity index (χ2v) is 8.72. The van der Waals surface area contributed by atoms with Crippen LogP contribution in [-0.2, 0) is 19.4 Å². The highest BCUT2D eigenvalue weighted by Crippen LogP contribution is 2.38. The summed E-state index contributed by atoms with van der Waals surface area (Å²) in [7, 11) is 0. The van der Waals surface area contributed by atoms with E-state index in [1.54, 1.807) is 17.5 Å². The van der Waals surface area contributed by atoms with Gasteiger partial charge in [0.2, 0.25) is 0 Å². The molecule has 1 N–H and O–H groups in total. The van der Waals surface area contributed by atoms with E-state index in [0.717, 1.165) is 41.9 Å². The molecule has 0 aliphatic carbocycles. The predicted molar refractivity (Wildman–Crippen MR) is 111 cm³/mol. The third-order valence-electron chi connectivity index (χ3n) is 4.90. The molecule has 4 rings (SSSR count). The Hall–Kier alpha value is -2.11. The van der Waals surface area contributed by atoms with Crippen molar-refractivity contribution < 1.29 is 4.79 Å². The first kappa shape index (κ1) is 18.3. The van der Waals surface area contributed by atoms with Crippen molar-refractivity contribution >= 4 is 28.8 Å². The molecular formula is C21H22ClN3OS. The van der Waals surface area contributed by atoms with Crippen molar-refractivity contribution in [3.8, 4) is 11.3 Å². The van der Waals surface area contributed by atoms with E-state index < -0.39 is 0 Å². The first-order valence-electron chi connectivity index (χ1n) is 9.22. The Labute approximate surface area is 168 Å². The maximum absolute atomic E-state index is 12.8. The SMILES string of the molecule is Cc1ccc(CC(C)NC(=O)c2cc3c(s2)CCCn2ncc(Cl)c2-3)cc1. The Morgan fingerprint density at radius 2 is 2.15 bits per heavy atom. The van der Waals surface area contributed by atoms with Crippen LogP contribution in [0.1, 0.15) is 39.0 Å². The van der Waals surface area contributed by atoms with Crippen LogP contribution in [0.25, 0.3) is 11.3 Å². The highest BCUT2D eigenvalue weighted by Gasteiger charge is 2.23. The van der Waals surface area contributed by atoms with E-state index in [2.05, 4.69) is 41.6 Å². The molecule has 0 spiro atoms. The lowest BCUT2D eigenvalue weighted by Crippen LogP contribution is -2.33. The normalized spacial score (nSPS) is 14.2. The molecule has 3 heterocycles. The molecule has 0 radical (unpaired) electrons. The first-order chi connectivity index (χ1) is 13.0. The maximum Gasteiger partial charge on any atom is 0.261 e. The molecule has 3 aromatic rings. The van der Waals surface area contributed by atoms with E-state index >= 15 is 0 Å². The van der Waals surface area contributed by atoms with Crippen molar-refractivity contribution in [2.75, 3.05) is 0 Å². The van der Waals surface area contributed by atoms with Gasteiger partial charge in [-0.2, -0.15) is 5.10 Å². The molecule has 2 aromatic heterocycles. The van der Waals surface area contributed by atoms with Gasteiger partial charge in [0.15, 0.2) is 0 Å². The van der Waals surface area contributed by atoms with E-state index in [1.807, 2.05) is 17.7 Å². The van der Waals surface area contributed by atoms with Gasteiger partial charge in [0.25, 0.3) is 5.91 Å². The second-order valence-electron chi connectivity index (χ2n) is 7.18. The topological polar surface area (TPSA) is 46.9 Å². The van der Waals surface area contributed by atoms with Crippen LogP contribution in [-0.4, -0.2) is 21.7 Å². The summed E-state index contributed by atoms with van der Waals surface area (Å²) in [4.78, 5) is 14.7. The predicted octanol–water partition coefficient (Wildman–Crippen LogP) is 4.88. The molecule has 140 valence electrons. The fourth-order valence-corrected chi connectivity index (χ4v) is 4.89. The molecule has 1 unspecified atom stereocenters. The van der Waals surface area contributed by atoms with Gasteiger partial charge in [0.05, 0.1) is 21.8 Å². The number of carbonyl (C=O) groups excluding carboxylic acids is 1. The van der Waals surface area contributed by atoms with Gasteiger partial charge < -0.3 is 5.32 Å². The number of nitrogens with zero attached hydrogens (tertiary/aromatic N) is 2. The zero-order valence-corrected chi connectivity index (χ0v) is 17.0. The number of hydrogen-bond acceptors (Lipinski definition) is 3. The Morgan fingerprint density at radius 1 is 1.37 bits per heavy atom. The number of aromatic nitrogens is 2. The van der Waals surface area contributed by atoms with Gasteiger partial charge in [-0.05, 0) is 44.7 Å². The highest BCUT2D eigenvalue weighted by molar-refractivity contribution is 7.14. The van der Waals surface area contributed by atoms with Crippen LogP contribution >= 0.6 is 22.9 Å². The molecule has 1 atom stereocenters. The number of amides is 1. The quantitative estimate of drug-likeness (QED) is 0.679. The van der Waals surface area contributed by atoms with E-state index in [1.165, 1.54) is 16.0 Å². The summed E-state index contributed by atoms with van der Waals surface area (Å²) in [6.07, 6.45) is 4.46. The number of rotatable bonds is 4. The number of hydrogen-bond donors (Lipinski definition) is 1. The minimum absolute atomic E-state index is 0.0186. The van der Waals surface area contributed by atoms with Gasteiger partial charge >= 0.3 is 0 Å². The lowest BCUT2D eigenvalue weighted by Gasteiger charge is -2.13. The fourth-order valence-electron chi connectivity index (χ4n) is 3.54. The van der Waals surface area contributed by atoms with Crippen LogP contribution < -0.4 is 5.32 Å². The average Bonchev–Trinajstić information content (AvgIpc) is 3.16. The molecule has 0 saturated carbocycles. The van der Waals surface area contributed by atoms with Crippen LogP contribution in [0.2, 0.25) is 5.02 Å². The number of nitrogens with one attached hydrogen (secondary N) is 1. The maximum atomic E-state index is 12.8. The van der Waals surface area contributed by atoms with Gasteiger partial charge in [-0.3, -0.25) is 9.48 Å². The minimum Gasteiger partial charge on any atom is -0.349 e. The van der Waals surface area contributed by atoms with Crippen molar-refractivity contribution in [3.05, 3.63) is 62.4 Å². The van der Waals surface area contributed by atoms with Gasteiger partial charge in [-0.25, -0.2) is 0 Å². The van der Waals surface area contributed by atoms with Crippen molar-refractivity contribution in [1.29, 1.82) is 0 Å². The number of aryl methyl sites for hydroxylation is 3. The van der Waals surface area contributed by atoms with E-state index in [-0.39, 0.29) is 11.9 Å². The molecule has 4 nitrogen and oxygen atoms in total. The largest absolute Gasteiger partial charge is 0.349 e. The van der Waals surface area contributed by atoms with Crippen LogP contribution in [0.5, 0.6) is 0 Å². The van der Waals surface area contributed by atoms with Crippen LogP contribution in [0, 0.1) is 6.92 Å². The van der Waals surface area contributed by atoms with E-state index in [0.29, 0.717) is 5.02 Å². The Morgan fingerprint density at radius 3 is 2.93 bits per heavy atom. The molecule has 1 amide bonds. The van der Waals surface area contributed by atoms with Crippen molar-refractivity contribution in [1.82, 2.24) is 15.1 Å². The lowest BCUT2D eigenvalue weighted by molar-refractivity contribution is 0.0944. The van der Waals surface area contributed by atoms with Gasteiger partial charge in [0.1, 0.15) is 0 Å². The minimum atomic E-state index is -0.0186. The molecular weight excluding hydrogens is 378 g/mol. The molecule has 1 aliphatic heterocycles. The Balaban J connectivity index is 1.51. The smallest absolute Gasteiger partial charge is 0.261 e. The molecule has 6 heteroatoms. The third-order valence-corrected chi connectivity index (χ3v) is 6.37.